The van der Waals surface area contributed by atoms with Gasteiger partial charge in [0.15, 0.2) is 0 Å². The number of hydrogen-bond acceptors (Lipinski definition) is 2. The van der Waals surface area contributed by atoms with Crippen LogP contribution in [0.1, 0.15) is 50.8 Å². The number of nitrogens with one attached hydrogen (secondary N) is 1. The second kappa shape index (κ2) is 6.56. The summed E-state index contributed by atoms with van der Waals surface area (Å²) >= 11 is 0. The Morgan fingerprint density at radius 3 is 2.61 bits per heavy atom. The smallest absolute Gasteiger partial charge is 0.0621 e. The Morgan fingerprint density at radius 1 is 1.33 bits per heavy atom. The third-order valence-corrected chi connectivity index (χ3v) is 3.46. The minimum Gasteiger partial charge on any atom is -0.310 e. The van der Waals surface area contributed by atoms with Crippen LogP contribution in [0.4, 0.5) is 0 Å². The summed E-state index contributed by atoms with van der Waals surface area (Å²) in [6.07, 6.45) is 1.57. The number of aryl methyl sites for hydroxylation is 1. The topological polar surface area (TPSA) is 35.8 Å². The molecule has 1 N–H and O–H groups in total. The first kappa shape index (κ1) is 14.7. The van der Waals surface area contributed by atoms with Gasteiger partial charge in [-0.3, -0.25) is 0 Å². The summed E-state index contributed by atoms with van der Waals surface area (Å²) in [5, 5.41) is 12.2. The van der Waals surface area contributed by atoms with Crippen LogP contribution in [0.5, 0.6) is 0 Å². The molecular weight excluding hydrogens is 220 g/mol. The Balaban J connectivity index is 2.54. The molecule has 0 spiro atoms. The number of rotatable bonds is 6. The van der Waals surface area contributed by atoms with Crippen molar-refractivity contribution in [2.24, 2.45) is 5.41 Å². The molecule has 2 heteroatoms. The van der Waals surface area contributed by atoms with Crippen molar-refractivity contribution < 1.29 is 0 Å². The summed E-state index contributed by atoms with van der Waals surface area (Å²) < 4.78 is 0. The van der Waals surface area contributed by atoms with Crippen LogP contribution >= 0.6 is 0 Å². The van der Waals surface area contributed by atoms with E-state index in [1.165, 1.54) is 11.1 Å². The van der Waals surface area contributed by atoms with Gasteiger partial charge >= 0.3 is 0 Å². The zero-order chi connectivity index (χ0) is 13.6. The van der Waals surface area contributed by atoms with Gasteiger partial charge in [0.1, 0.15) is 0 Å². The Labute approximate surface area is 111 Å². The molecule has 98 valence electrons. The molecule has 1 atom stereocenters. The zero-order valence-electron chi connectivity index (χ0n) is 12.0. The molecule has 0 fully saturated rings. The highest BCUT2D eigenvalue weighted by Crippen LogP contribution is 2.23. The molecule has 0 unspecified atom stereocenters. The third kappa shape index (κ3) is 4.50. The van der Waals surface area contributed by atoms with Gasteiger partial charge in [-0.25, -0.2) is 0 Å². The van der Waals surface area contributed by atoms with Gasteiger partial charge in [0.25, 0.3) is 0 Å². The van der Waals surface area contributed by atoms with E-state index in [2.05, 4.69) is 63.3 Å². The summed E-state index contributed by atoms with van der Waals surface area (Å²) in [7, 11) is 0. The van der Waals surface area contributed by atoms with Crippen LogP contribution in [0.3, 0.4) is 0 Å². The van der Waals surface area contributed by atoms with Crippen LogP contribution in [0.15, 0.2) is 24.3 Å². The Hall–Kier alpha value is -1.33. The Kier molecular flexibility index (Phi) is 5.37. The van der Waals surface area contributed by atoms with Crippen LogP contribution in [-0.2, 0) is 0 Å². The molecule has 1 rings (SSSR count). The molecule has 0 saturated heterocycles. The maximum absolute atomic E-state index is 8.65. The predicted octanol–water partition coefficient (Wildman–Crippen LogP) is 3.98. The van der Waals surface area contributed by atoms with E-state index >= 15 is 0 Å². The zero-order valence-corrected chi connectivity index (χ0v) is 12.0. The second-order valence-electron chi connectivity index (χ2n) is 5.78. The van der Waals surface area contributed by atoms with E-state index in [-0.39, 0.29) is 5.41 Å². The normalized spacial score (nSPS) is 13.1. The van der Waals surface area contributed by atoms with Crippen molar-refractivity contribution in [3.63, 3.8) is 0 Å². The predicted molar refractivity (Wildman–Crippen MR) is 76.2 cm³/mol. The van der Waals surface area contributed by atoms with Crippen molar-refractivity contribution in [3.05, 3.63) is 35.4 Å². The fourth-order valence-corrected chi connectivity index (χ4v) is 2.09. The molecular formula is C16H24N2. The fraction of sp³-hybridized carbons (Fsp3) is 0.562. The first-order chi connectivity index (χ1) is 8.46. The molecule has 0 radical (unpaired) electrons. The van der Waals surface area contributed by atoms with Gasteiger partial charge in [-0.2, -0.15) is 5.26 Å². The van der Waals surface area contributed by atoms with Gasteiger partial charge in [0.05, 0.1) is 6.07 Å². The van der Waals surface area contributed by atoms with Crippen molar-refractivity contribution in [3.8, 4) is 6.07 Å². The molecule has 0 aromatic heterocycles. The maximum atomic E-state index is 8.65. The molecule has 0 heterocycles. The van der Waals surface area contributed by atoms with Crippen molar-refractivity contribution in [1.29, 1.82) is 5.26 Å². The lowest BCUT2D eigenvalue weighted by atomic mass is 9.87. The maximum Gasteiger partial charge on any atom is 0.0621 e. The van der Waals surface area contributed by atoms with Gasteiger partial charge in [-0.15, -0.1) is 0 Å². The minimum absolute atomic E-state index is 0.173. The molecule has 0 aliphatic carbocycles. The van der Waals surface area contributed by atoms with Crippen LogP contribution in [0, 0.1) is 23.7 Å². The first-order valence-electron chi connectivity index (χ1n) is 6.62. The lowest BCUT2D eigenvalue weighted by molar-refractivity contribution is 0.304. The molecule has 0 aliphatic rings. The fourth-order valence-electron chi connectivity index (χ4n) is 2.09. The minimum atomic E-state index is 0.173. The standard InChI is InChI=1S/C16H24N2/c1-13-8-5-6-9-15(13)14(2)18-12-16(3,4)10-7-11-17/h5-6,8-9,14,18H,7,10,12H2,1-4H3/t14-/m0/s1. The summed E-state index contributed by atoms with van der Waals surface area (Å²) in [6, 6.07) is 11.1. The summed E-state index contributed by atoms with van der Waals surface area (Å²) in [5.74, 6) is 0. The highest BCUT2D eigenvalue weighted by atomic mass is 14.9. The lowest BCUT2D eigenvalue weighted by Gasteiger charge is -2.27. The van der Waals surface area contributed by atoms with Crippen LogP contribution in [0.25, 0.3) is 0 Å². The number of nitrogens with zero attached hydrogens (tertiary/aromatic N) is 1. The van der Waals surface area contributed by atoms with Crippen LogP contribution < -0.4 is 5.32 Å². The highest BCUT2D eigenvalue weighted by molar-refractivity contribution is 5.28. The van der Waals surface area contributed by atoms with Gasteiger partial charge in [0, 0.05) is 19.0 Å². The summed E-state index contributed by atoms with van der Waals surface area (Å²) in [6.45, 7) is 9.70. The number of benzene rings is 1. The molecule has 0 bridgehead atoms. The number of nitriles is 1. The molecule has 18 heavy (non-hydrogen) atoms. The van der Waals surface area contributed by atoms with Crippen LogP contribution in [0.2, 0.25) is 0 Å². The van der Waals surface area contributed by atoms with Crippen molar-refractivity contribution in [2.45, 2.75) is 46.6 Å². The molecule has 0 saturated carbocycles. The van der Waals surface area contributed by atoms with Crippen LogP contribution in [-0.4, -0.2) is 6.54 Å². The van der Waals surface area contributed by atoms with Gasteiger partial charge in [-0.05, 0) is 36.8 Å². The highest BCUT2D eigenvalue weighted by Gasteiger charge is 2.18. The van der Waals surface area contributed by atoms with E-state index in [4.69, 9.17) is 5.26 Å². The van der Waals surface area contributed by atoms with Crippen molar-refractivity contribution >= 4 is 0 Å². The Bertz CT molecular complexity index is 415. The van der Waals surface area contributed by atoms with E-state index in [1.807, 2.05) is 0 Å². The molecule has 1 aromatic rings. The molecule has 2 nitrogen and oxygen atoms in total. The van der Waals surface area contributed by atoms with E-state index in [1.54, 1.807) is 0 Å². The summed E-state index contributed by atoms with van der Waals surface area (Å²) in [5.41, 5.74) is 2.85. The largest absolute Gasteiger partial charge is 0.310 e. The van der Waals surface area contributed by atoms with E-state index < -0.39 is 0 Å². The first-order valence-corrected chi connectivity index (χ1v) is 6.62. The quantitative estimate of drug-likeness (QED) is 0.821. The Morgan fingerprint density at radius 2 is 2.00 bits per heavy atom. The van der Waals surface area contributed by atoms with E-state index in [9.17, 15) is 0 Å². The molecule has 0 amide bonds. The average Bonchev–Trinajstić information content (AvgIpc) is 2.34. The summed E-state index contributed by atoms with van der Waals surface area (Å²) in [4.78, 5) is 0. The van der Waals surface area contributed by atoms with E-state index in [0.29, 0.717) is 12.5 Å². The lowest BCUT2D eigenvalue weighted by Crippen LogP contribution is -2.31. The average molecular weight is 244 g/mol. The third-order valence-electron chi connectivity index (χ3n) is 3.46. The molecule has 0 aliphatic heterocycles. The molecule has 1 aromatic carbocycles. The number of hydrogen-bond donors (Lipinski definition) is 1. The van der Waals surface area contributed by atoms with Crippen molar-refractivity contribution in [1.82, 2.24) is 5.32 Å². The van der Waals surface area contributed by atoms with Gasteiger partial charge < -0.3 is 5.32 Å². The van der Waals surface area contributed by atoms with E-state index in [0.717, 1.165) is 13.0 Å². The SMILES string of the molecule is Cc1ccccc1[C@H](C)NCC(C)(C)CCC#N. The monoisotopic (exact) mass is 244 g/mol. The second-order valence-corrected chi connectivity index (χ2v) is 5.78. The van der Waals surface area contributed by atoms with Gasteiger partial charge in [-0.1, -0.05) is 38.1 Å². The van der Waals surface area contributed by atoms with Crippen molar-refractivity contribution in [2.75, 3.05) is 6.54 Å². The van der Waals surface area contributed by atoms with Gasteiger partial charge in [0.2, 0.25) is 0 Å².